The van der Waals surface area contributed by atoms with Gasteiger partial charge < -0.3 is 19.5 Å². The number of piperidine rings is 1. The van der Waals surface area contributed by atoms with E-state index in [4.69, 9.17) is 4.74 Å². The van der Waals surface area contributed by atoms with E-state index >= 15 is 0 Å². The maximum absolute atomic E-state index is 13.3. The summed E-state index contributed by atoms with van der Waals surface area (Å²) in [5.74, 6) is 0.121. The second-order valence-corrected chi connectivity index (χ2v) is 7.13. The zero-order chi connectivity index (χ0) is 16.8. The smallest absolute Gasteiger partial charge is 0.256 e. The summed E-state index contributed by atoms with van der Waals surface area (Å²) in [6.45, 7) is 7.38. The van der Waals surface area contributed by atoms with Crippen molar-refractivity contribution in [2.75, 3.05) is 33.3 Å². The van der Waals surface area contributed by atoms with Crippen molar-refractivity contribution in [2.24, 2.45) is 0 Å². The van der Waals surface area contributed by atoms with Gasteiger partial charge in [0.15, 0.2) is 0 Å². The number of morpholine rings is 1. The van der Waals surface area contributed by atoms with Crippen molar-refractivity contribution in [3.63, 3.8) is 0 Å². The van der Waals surface area contributed by atoms with Crippen molar-refractivity contribution < 1.29 is 9.53 Å². The van der Waals surface area contributed by atoms with Gasteiger partial charge in [-0.3, -0.25) is 4.79 Å². The lowest BCUT2D eigenvalue weighted by Gasteiger charge is -2.46. The van der Waals surface area contributed by atoms with Gasteiger partial charge in [0.1, 0.15) is 0 Å². The van der Waals surface area contributed by atoms with Crippen molar-refractivity contribution in [1.29, 1.82) is 0 Å². The van der Waals surface area contributed by atoms with E-state index in [1.165, 1.54) is 5.56 Å². The van der Waals surface area contributed by atoms with Crippen molar-refractivity contribution in [3.05, 3.63) is 35.0 Å². The van der Waals surface area contributed by atoms with Crippen LogP contribution in [0.4, 0.5) is 0 Å². The van der Waals surface area contributed by atoms with Gasteiger partial charge in [-0.25, -0.2) is 0 Å². The van der Waals surface area contributed by atoms with Gasteiger partial charge in [-0.15, -0.1) is 0 Å². The molecule has 3 heterocycles. The minimum absolute atomic E-state index is 0.121. The molecular formula is C19H25N3O2. The minimum atomic E-state index is 0.121. The molecular weight excluding hydrogens is 302 g/mol. The first-order chi connectivity index (χ1) is 11.6. The molecule has 1 aromatic heterocycles. The number of carbonyl (C=O) groups excluding carboxylic acids is 1. The third-order valence-corrected chi connectivity index (χ3v) is 5.62. The Labute approximate surface area is 142 Å². The van der Waals surface area contributed by atoms with Crippen LogP contribution < -0.4 is 0 Å². The number of ether oxygens (including phenoxy) is 1. The standard InChI is InChI=1S/C19H25N3O2/c1-12-13(2)20-18-14(12)5-4-6-15(18)19(23)22-9-10-24-17-7-8-21(3)11-16(17)22/h4-6,16-17,20H,7-11H2,1-3H3/t16-,17+/m1/s1. The average Bonchev–Trinajstić information content (AvgIpc) is 2.88. The van der Waals surface area contributed by atoms with E-state index in [9.17, 15) is 4.79 Å². The molecule has 1 N–H and O–H groups in total. The number of H-pyrrole nitrogens is 1. The molecule has 0 unspecified atom stereocenters. The van der Waals surface area contributed by atoms with E-state index in [-0.39, 0.29) is 18.1 Å². The maximum atomic E-state index is 13.3. The van der Waals surface area contributed by atoms with Crippen LogP contribution in [0, 0.1) is 13.8 Å². The quantitative estimate of drug-likeness (QED) is 0.874. The molecule has 0 radical (unpaired) electrons. The van der Waals surface area contributed by atoms with E-state index in [2.05, 4.69) is 36.8 Å². The highest BCUT2D eigenvalue weighted by molar-refractivity contribution is 6.06. The van der Waals surface area contributed by atoms with Crippen molar-refractivity contribution in [3.8, 4) is 0 Å². The third kappa shape index (κ3) is 2.43. The maximum Gasteiger partial charge on any atom is 0.256 e. The van der Waals surface area contributed by atoms with Gasteiger partial charge in [0.2, 0.25) is 0 Å². The molecule has 0 saturated carbocycles. The number of rotatable bonds is 1. The lowest BCUT2D eigenvalue weighted by Crippen LogP contribution is -2.60. The number of hydrogen-bond donors (Lipinski definition) is 1. The predicted molar refractivity (Wildman–Crippen MR) is 94.5 cm³/mol. The van der Waals surface area contributed by atoms with Gasteiger partial charge in [0.25, 0.3) is 5.91 Å². The van der Waals surface area contributed by atoms with Crippen LogP contribution in [0.2, 0.25) is 0 Å². The van der Waals surface area contributed by atoms with Crippen LogP contribution >= 0.6 is 0 Å². The Balaban J connectivity index is 1.71. The van der Waals surface area contributed by atoms with Gasteiger partial charge in [-0.2, -0.15) is 0 Å². The molecule has 2 atom stereocenters. The molecule has 2 fully saturated rings. The molecule has 128 valence electrons. The highest BCUT2D eigenvalue weighted by Gasteiger charge is 2.39. The van der Waals surface area contributed by atoms with Gasteiger partial charge in [0, 0.05) is 30.7 Å². The number of carbonyl (C=O) groups is 1. The molecule has 1 aromatic carbocycles. The van der Waals surface area contributed by atoms with Crippen LogP contribution in [0.1, 0.15) is 28.0 Å². The van der Waals surface area contributed by atoms with E-state index in [1.54, 1.807) is 0 Å². The Hall–Kier alpha value is -1.85. The van der Waals surface area contributed by atoms with Gasteiger partial charge in [-0.05, 0) is 38.9 Å². The first kappa shape index (κ1) is 15.7. The lowest BCUT2D eigenvalue weighted by molar-refractivity contribution is -0.0869. The fraction of sp³-hybridized carbons (Fsp3) is 0.526. The number of hydrogen-bond acceptors (Lipinski definition) is 3. The highest BCUT2D eigenvalue weighted by atomic mass is 16.5. The highest BCUT2D eigenvalue weighted by Crippen LogP contribution is 2.28. The van der Waals surface area contributed by atoms with Crippen molar-refractivity contribution in [1.82, 2.24) is 14.8 Å². The van der Waals surface area contributed by atoms with Crippen LogP contribution in [0.3, 0.4) is 0 Å². The van der Waals surface area contributed by atoms with Crippen LogP contribution in [0.25, 0.3) is 10.9 Å². The molecule has 0 aliphatic carbocycles. The van der Waals surface area contributed by atoms with Crippen LogP contribution in [-0.4, -0.2) is 66.1 Å². The molecule has 0 spiro atoms. The number of aromatic amines is 1. The van der Waals surface area contributed by atoms with Crippen LogP contribution in [-0.2, 0) is 4.74 Å². The molecule has 2 aromatic rings. The molecule has 24 heavy (non-hydrogen) atoms. The number of para-hydroxylation sites is 1. The SMILES string of the molecule is Cc1[nH]c2c(C(=O)N3CCO[C@H]4CCN(C)C[C@H]43)cccc2c1C. The zero-order valence-corrected chi connectivity index (χ0v) is 14.6. The second kappa shape index (κ2) is 5.90. The molecule has 0 bridgehead atoms. The molecule has 5 heteroatoms. The minimum Gasteiger partial charge on any atom is -0.374 e. The number of likely N-dealkylation sites (tertiary alicyclic amines) is 1. The summed E-state index contributed by atoms with van der Waals surface area (Å²) in [7, 11) is 2.12. The van der Waals surface area contributed by atoms with E-state index in [0.29, 0.717) is 13.2 Å². The number of aromatic nitrogens is 1. The first-order valence-electron chi connectivity index (χ1n) is 8.75. The molecule has 5 nitrogen and oxygen atoms in total. The molecule has 2 saturated heterocycles. The average molecular weight is 327 g/mol. The first-order valence-corrected chi connectivity index (χ1v) is 8.75. The number of fused-ring (bicyclic) bond motifs is 2. The largest absolute Gasteiger partial charge is 0.374 e. The Morgan fingerprint density at radius 3 is 2.96 bits per heavy atom. The Kier molecular flexibility index (Phi) is 3.85. The number of nitrogens with zero attached hydrogens (tertiary/aromatic N) is 2. The summed E-state index contributed by atoms with van der Waals surface area (Å²) in [6, 6.07) is 6.16. The fourth-order valence-corrected chi connectivity index (χ4v) is 4.10. The van der Waals surface area contributed by atoms with E-state index in [1.807, 2.05) is 17.0 Å². The Bertz CT molecular complexity index is 782. The van der Waals surface area contributed by atoms with Gasteiger partial charge in [0.05, 0.1) is 29.8 Å². The summed E-state index contributed by atoms with van der Waals surface area (Å²) < 4.78 is 5.93. The van der Waals surface area contributed by atoms with Crippen molar-refractivity contribution in [2.45, 2.75) is 32.4 Å². The summed E-state index contributed by atoms with van der Waals surface area (Å²) in [6.07, 6.45) is 1.17. The fourth-order valence-electron chi connectivity index (χ4n) is 4.10. The topological polar surface area (TPSA) is 48.6 Å². The summed E-state index contributed by atoms with van der Waals surface area (Å²) in [4.78, 5) is 21.1. The van der Waals surface area contributed by atoms with E-state index in [0.717, 1.165) is 41.7 Å². The molecule has 2 aliphatic rings. The summed E-state index contributed by atoms with van der Waals surface area (Å²) >= 11 is 0. The normalized spacial score (nSPS) is 25.0. The number of benzene rings is 1. The summed E-state index contributed by atoms with van der Waals surface area (Å²) in [5.41, 5.74) is 4.08. The number of likely N-dealkylation sites (N-methyl/N-ethyl adjacent to an activating group) is 1. The van der Waals surface area contributed by atoms with Crippen LogP contribution in [0.5, 0.6) is 0 Å². The molecule has 4 rings (SSSR count). The lowest BCUT2D eigenvalue weighted by atomic mass is 9.97. The third-order valence-electron chi connectivity index (χ3n) is 5.62. The van der Waals surface area contributed by atoms with Gasteiger partial charge in [-0.1, -0.05) is 12.1 Å². The van der Waals surface area contributed by atoms with Crippen molar-refractivity contribution >= 4 is 16.8 Å². The monoisotopic (exact) mass is 327 g/mol. The zero-order valence-electron chi connectivity index (χ0n) is 14.6. The Morgan fingerprint density at radius 1 is 1.29 bits per heavy atom. The number of aryl methyl sites for hydroxylation is 2. The van der Waals surface area contributed by atoms with Gasteiger partial charge >= 0.3 is 0 Å². The summed E-state index contributed by atoms with van der Waals surface area (Å²) in [5, 5.41) is 1.14. The molecule has 2 aliphatic heterocycles. The number of amides is 1. The molecule has 1 amide bonds. The van der Waals surface area contributed by atoms with Crippen LogP contribution in [0.15, 0.2) is 18.2 Å². The second-order valence-electron chi connectivity index (χ2n) is 7.13. The predicted octanol–water partition coefficient (Wildman–Crippen LogP) is 2.33. The number of nitrogens with one attached hydrogen (secondary N) is 1. The Morgan fingerprint density at radius 2 is 2.12 bits per heavy atom. The van der Waals surface area contributed by atoms with E-state index < -0.39 is 0 Å².